The summed E-state index contributed by atoms with van der Waals surface area (Å²) in [6.45, 7) is 1.83. The average molecular weight is 189 g/mol. The first-order chi connectivity index (χ1) is 6.70. The van der Waals surface area contributed by atoms with Crippen molar-refractivity contribution in [3.8, 4) is 5.75 Å². The van der Waals surface area contributed by atoms with Crippen molar-refractivity contribution in [1.29, 1.82) is 0 Å². The second-order valence-corrected chi connectivity index (χ2v) is 3.05. The molecule has 2 aromatic rings. The topological polar surface area (TPSA) is 61.0 Å². The number of aryl methyl sites for hydroxylation is 1. The number of fused-ring (bicyclic) bond motifs is 1. The summed E-state index contributed by atoms with van der Waals surface area (Å²) in [4.78, 5) is 8.53. The van der Waals surface area contributed by atoms with Crippen LogP contribution < -0.4 is 10.5 Å². The second-order valence-electron chi connectivity index (χ2n) is 3.05. The fourth-order valence-electron chi connectivity index (χ4n) is 1.26. The number of rotatable bonds is 1. The van der Waals surface area contributed by atoms with Gasteiger partial charge in [-0.05, 0) is 19.1 Å². The van der Waals surface area contributed by atoms with E-state index in [0.29, 0.717) is 5.82 Å². The van der Waals surface area contributed by atoms with Crippen LogP contribution in [0.1, 0.15) is 5.69 Å². The van der Waals surface area contributed by atoms with E-state index < -0.39 is 0 Å². The summed E-state index contributed by atoms with van der Waals surface area (Å²) < 4.78 is 5.09. The summed E-state index contributed by atoms with van der Waals surface area (Å²) in [6, 6.07) is 5.53. The Labute approximate surface area is 81.7 Å². The molecule has 0 bridgehead atoms. The summed E-state index contributed by atoms with van der Waals surface area (Å²) in [5.41, 5.74) is 7.98. The maximum atomic E-state index is 5.65. The maximum Gasteiger partial charge on any atom is 0.145 e. The van der Waals surface area contributed by atoms with E-state index in [1.807, 2.05) is 25.1 Å². The Morgan fingerprint density at radius 2 is 2.00 bits per heavy atom. The molecule has 0 saturated heterocycles. The van der Waals surface area contributed by atoms with Crippen molar-refractivity contribution in [3.63, 3.8) is 0 Å². The molecule has 0 fully saturated rings. The van der Waals surface area contributed by atoms with Crippen LogP contribution in [-0.2, 0) is 0 Å². The highest BCUT2D eigenvalue weighted by Gasteiger charge is 2.02. The molecule has 0 spiro atoms. The quantitative estimate of drug-likeness (QED) is 0.739. The zero-order valence-electron chi connectivity index (χ0n) is 8.11. The van der Waals surface area contributed by atoms with E-state index in [4.69, 9.17) is 10.5 Å². The molecule has 1 heterocycles. The summed E-state index contributed by atoms with van der Waals surface area (Å²) in [5, 5.41) is 0. The van der Waals surface area contributed by atoms with E-state index in [0.717, 1.165) is 22.5 Å². The van der Waals surface area contributed by atoms with Crippen LogP contribution in [0.3, 0.4) is 0 Å². The van der Waals surface area contributed by atoms with Gasteiger partial charge in [-0.1, -0.05) is 0 Å². The lowest BCUT2D eigenvalue weighted by molar-refractivity contribution is 0.415. The summed E-state index contributed by atoms with van der Waals surface area (Å²) in [5.74, 6) is 1.25. The number of aromatic nitrogens is 2. The molecule has 0 aliphatic heterocycles. The Hall–Kier alpha value is -1.84. The summed E-state index contributed by atoms with van der Waals surface area (Å²) in [7, 11) is 1.62. The SMILES string of the molecule is COc1ccc2nc(N)c(C)nc2c1. The first-order valence-corrected chi connectivity index (χ1v) is 4.28. The Morgan fingerprint density at radius 3 is 2.71 bits per heavy atom. The highest BCUT2D eigenvalue weighted by Crippen LogP contribution is 2.19. The minimum atomic E-state index is 0.475. The van der Waals surface area contributed by atoms with Crippen molar-refractivity contribution in [2.45, 2.75) is 6.92 Å². The Balaban J connectivity index is 2.70. The smallest absolute Gasteiger partial charge is 0.145 e. The molecule has 2 rings (SSSR count). The zero-order valence-corrected chi connectivity index (χ0v) is 8.11. The first kappa shape index (κ1) is 8.74. The molecule has 14 heavy (non-hydrogen) atoms. The number of nitrogens with two attached hydrogens (primary N) is 1. The van der Waals surface area contributed by atoms with Crippen LogP contribution in [-0.4, -0.2) is 17.1 Å². The third kappa shape index (κ3) is 1.35. The third-order valence-electron chi connectivity index (χ3n) is 2.08. The molecular formula is C10H11N3O. The monoisotopic (exact) mass is 189 g/mol. The van der Waals surface area contributed by atoms with Crippen LogP contribution in [0.15, 0.2) is 18.2 Å². The van der Waals surface area contributed by atoms with Crippen LogP contribution in [0.5, 0.6) is 5.75 Å². The predicted molar refractivity (Wildman–Crippen MR) is 55.2 cm³/mol. The minimum Gasteiger partial charge on any atom is -0.497 e. The van der Waals surface area contributed by atoms with Gasteiger partial charge in [0.25, 0.3) is 0 Å². The molecule has 72 valence electrons. The van der Waals surface area contributed by atoms with Gasteiger partial charge in [-0.2, -0.15) is 0 Å². The Bertz CT molecular complexity index is 482. The molecule has 4 nitrogen and oxygen atoms in total. The predicted octanol–water partition coefficient (Wildman–Crippen LogP) is 1.53. The lowest BCUT2D eigenvalue weighted by Gasteiger charge is -2.03. The van der Waals surface area contributed by atoms with Gasteiger partial charge in [-0.15, -0.1) is 0 Å². The van der Waals surface area contributed by atoms with Crippen molar-refractivity contribution in [2.75, 3.05) is 12.8 Å². The molecule has 0 saturated carbocycles. The largest absolute Gasteiger partial charge is 0.497 e. The van der Waals surface area contributed by atoms with Crippen LogP contribution in [0.4, 0.5) is 5.82 Å². The van der Waals surface area contributed by atoms with Gasteiger partial charge < -0.3 is 10.5 Å². The zero-order chi connectivity index (χ0) is 10.1. The standard InChI is InChI=1S/C10H11N3O/c1-6-10(11)13-8-4-3-7(14-2)5-9(8)12-6/h3-5H,1-2H3,(H2,11,13). The van der Waals surface area contributed by atoms with Crippen molar-refractivity contribution in [2.24, 2.45) is 0 Å². The highest BCUT2D eigenvalue weighted by molar-refractivity contribution is 5.77. The lowest BCUT2D eigenvalue weighted by Crippen LogP contribution is -1.97. The van der Waals surface area contributed by atoms with Crippen molar-refractivity contribution in [3.05, 3.63) is 23.9 Å². The molecule has 0 atom stereocenters. The van der Waals surface area contributed by atoms with Crippen molar-refractivity contribution in [1.82, 2.24) is 9.97 Å². The van der Waals surface area contributed by atoms with Gasteiger partial charge in [0.1, 0.15) is 11.6 Å². The normalized spacial score (nSPS) is 10.4. The Kier molecular flexibility index (Phi) is 1.96. The highest BCUT2D eigenvalue weighted by atomic mass is 16.5. The van der Waals surface area contributed by atoms with Gasteiger partial charge in [-0.3, -0.25) is 0 Å². The fraction of sp³-hybridized carbons (Fsp3) is 0.200. The molecule has 0 radical (unpaired) electrons. The minimum absolute atomic E-state index is 0.475. The molecule has 0 aliphatic carbocycles. The van der Waals surface area contributed by atoms with E-state index in [-0.39, 0.29) is 0 Å². The summed E-state index contributed by atoms with van der Waals surface area (Å²) in [6.07, 6.45) is 0. The van der Waals surface area contributed by atoms with Crippen LogP contribution >= 0.6 is 0 Å². The van der Waals surface area contributed by atoms with E-state index in [2.05, 4.69) is 9.97 Å². The van der Waals surface area contributed by atoms with Crippen LogP contribution in [0.2, 0.25) is 0 Å². The number of hydrogen-bond donors (Lipinski definition) is 1. The number of nitrogens with zero attached hydrogens (tertiary/aromatic N) is 2. The fourth-order valence-corrected chi connectivity index (χ4v) is 1.26. The molecule has 2 N–H and O–H groups in total. The van der Waals surface area contributed by atoms with Gasteiger partial charge in [0, 0.05) is 6.07 Å². The first-order valence-electron chi connectivity index (χ1n) is 4.28. The van der Waals surface area contributed by atoms with Crippen molar-refractivity contribution < 1.29 is 4.74 Å². The van der Waals surface area contributed by atoms with Crippen LogP contribution in [0.25, 0.3) is 11.0 Å². The van der Waals surface area contributed by atoms with Gasteiger partial charge in [0.05, 0.1) is 23.8 Å². The average Bonchev–Trinajstić information content (AvgIpc) is 2.19. The van der Waals surface area contributed by atoms with E-state index >= 15 is 0 Å². The molecule has 0 unspecified atom stereocenters. The number of methoxy groups -OCH3 is 1. The maximum absolute atomic E-state index is 5.65. The van der Waals surface area contributed by atoms with Gasteiger partial charge in [0.15, 0.2) is 0 Å². The van der Waals surface area contributed by atoms with Gasteiger partial charge in [0.2, 0.25) is 0 Å². The molecule has 1 aromatic carbocycles. The molecule has 1 aromatic heterocycles. The van der Waals surface area contributed by atoms with Gasteiger partial charge in [-0.25, -0.2) is 9.97 Å². The van der Waals surface area contributed by atoms with Crippen LogP contribution in [0, 0.1) is 6.92 Å². The Morgan fingerprint density at radius 1 is 1.21 bits per heavy atom. The summed E-state index contributed by atoms with van der Waals surface area (Å²) >= 11 is 0. The second kappa shape index (κ2) is 3.14. The number of hydrogen-bond acceptors (Lipinski definition) is 4. The number of nitrogen functional groups attached to an aromatic ring is 1. The van der Waals surface area contributed by atoms with E-state index in [1.165, 1.54) is 0 Å². The van der Waals surface area contributed by atoms with Crippen molar-refractivity contribution >= 4 is 16.9 Å². The number of anilines is 1. The number of ether oxygens (including phenoxy) is 1. The van der Waals surface area contributed by atoms with Gasteiger partial charge >= 0.3 is 0 Å². The van der Waals surface area contributed by atoms with E-state index in [9.17, 15) is 0 Å². The number of benzene rings is 1. The molecular weight excluding hydrogens is 178 g/mol. The molecule has 0 aliphatic rings. The van der Waals surface area contributed by atoms with E-state index in [1.54, 1.807) is 7.11 Å². The molecule has 4 heteroatoms. The molecule has 0 amide bonds. The third-order valence-corrected chi connectivity index (χ3v) is 2.08. The lowest BCUT2D eigenvalue weighted by atomic mass is 10.2.